The van der Waals surface area contributed by atoms with Gasteiger partial charge in [-0.05, 0) is 36.1 Å². The van der Waals surface area contributed by atoms with Crippen molar-refractivity contribution in [2.24, 2.45) is 5.92 Å². The third-order valence-electron chi connectivity index (χ3n) is 5.94. The predicted octanol–water partition coefficient (Wildman–Crippen LogP) is 3.78. The lowest BCUT2D eigenvalue weighted by molar-refractivity contribution is -0.141. The fraction of sp³-hybridized carbons (Fsp3) is 0.478. The van der Waals surface area contributed by atoms with Crippen LogP contribution in [0.2, 0.25) is 0 Å². The highest BCUT2D eigenvalue weighted by atomic mass is 32.2. The van der Waals surface area contributed by atoms with Gasteiger partial charge in [-0.1, -0.05) is 26.5 Å². The summed E-state index contributed by atoms with van der Waals surface area (Å²) in [6.45, 7) is 9.83. The van der Waals surface area contributed by atoms with Crippen molar-refractivity contribution in [2.45, 2.75) is 44.5 Å². The molecule has 1 saturated heterocycles. The lowest BCUT2D eigenvalue weighted by atomic mass is 9.99. The van der Waals surface area contributed by atoms with Crippen molar-refractivity contribution in [1.82, 2.24) is 9.97 Å². The summed E-state index contributed by atoms with van der Waals surface area (Å²) in [7, 11) is -3.55. The predicted molar refractivity (Wildman–Crippen MR) is 125 cm³/mol. The molecular weight excluding hydrogens is 469 g/mol. The van der Waals surface area contributed by atoms with Gasteiger partial charge in [-0.25, -0.2) is 18.4 Å². The second-order valence-corrected chi connectivity index (χ2v) is 10.9. The minimum absolute atomic E-state index is 0.00290. The number of aromatic nitrogens is 2. The van der Waals surface area contributed by atoms with Crippen molar-refractivity contribution >= 4 is 27.0 Å². The van der Waals surface area contributed by atoms with Gasteiger partial charge in [0.2, 0.25) is 5.95 Å². The van der Waals surface area contributed by atoms with E-state index in [1.165, 1.54) is 19.2 Å². The van der Waals surface area contributed by atoms with Crippen LogP contribution in [0, 0.1) is 5.92 Å². The molecule has 0 amide bonds. The highest BCUT2D eigenvalue weighted by molar-refractivity contribution is 7.90. The molecule has 7 nitrogen and oxygen atoms in total. The number of allylic oxidation sites excluding steroid dienone is 1. The van der Waals surface area contributed by atoms with Gasteiger partial charge in [0.25, 0.3) is 0 Å². The number of hydrogen-bond acceptors (Lipinski definition) is 7. The van der Waals surface area contributed by atoms with Crippen LogP contribution in [0.1, 0.15) is 37.6 Å². The standard InChI is InChI=1S/C23H29F3N4O3S/c1-14(2)18-11-27-22(28-21(18)23(24,25)26)30-9-8-29(12-19(30)15(3)4)17-7-6-16(13-31)20(10-17)34(5,32)33/h6-7,10-11,15,19,31H,1,8-9,12-13H2,2-5H3. The van der Waals surface area contributed by atoms with Crippen LogP contribution in [0.3, 0.4) is 0 Å². The Balaban J connectivity index is 1.96. The number of piperazine rings is 1. The normalized spacial score (nSPS) is 17.4. The van der Waals surface area contributed by atoms with Crippen LogP contribution in [0.4, 0.5) is 24.8 Å². The van der Waals surface area contributed by atoms with E-state index in [0.29, 0.717) is 30.9 Å². The molecule has 1 aliphatic heterocycles. The Morgan fingerprint density at radius 2 is 1.97 bits per heavy atom. The Bertz CT molecular complexity index is 1180. The molecule has 1 aromatic heterocycles. The van der Waals surface area contributed by atoms with Crippen LogP contribution in [0.15, 0.2) is 35.9 Å². The molecule has 3 rings (SSSR count). The molecule has 1 aliphatic rings. The van der Waals surface area contributed by atoms with Crippen LogP contribution in [0.25, 0.3) is 5.57 Å². The van der Waals surface area contributed by atoms with Crippen LogP contribution in [0.5, 0.6) is 0 Å². The number of benzene rings is 1. The topological polar surface area (TPSA) is 86.6 Å². The van der Waals surface area contributed by atoms with Crippen molar-refractivity contribution < 1.29 is 26.7 Å². The van der Waals surface area contributed by atoms with E-state index in [0.717, 1.165) is 6.26 Å². The van der Waals surface area contributed by atoms with Crippen molar-refractivity contribution in [2.75, 3.05) is 35.7 Å². The van der Waals surface area contributed by atoms with Crippen molar-refractivity contribution in [3.8, 4) is 0 Å². The average molecular weight is 499 g/mol. The quantitative estimate of drug-likeness (QED) is 0.649. The number of sulfone groups is 1. The van der Waals surface area contributed by atoms with Gasteiger partial charge in [0.05, 0.1) is 17.5 Å². The highest BCUT2D eigenvalue weighted by Crippen LogP contribution is 2.35. The first-order valence-electron chi connectivity index (χ1n) is 10.8. The first kappa shape index (κ1) is 26.0. The molecule has 0 saturated carbocycles. The molecule has 1 fully saturated rings. The summed E-state index contributed by atoms with van der Waals surface area (Å²) in [5, 5.41) is 9.51. The fourth-order valence-corrected chi connectivity index (χ4v) is 5.06. The fourth-order valence-electron chi connectivity index (χ4n) is 4.12. The molecule has 11 heteroatoms. The summed E-state index contributed by atoms with van der Waals surface area (Å²) in [6, 6.07) is 4.64. The zero-order chi connectivity index (χ0) is 25.4. The van der Waals surface area contributed by atoms with Gasteiger partial charge in [-0.3, -0.25) is 0 Å². The van der Waals surface area contributed by atoms with Crippen molar-refractivity contribution in [1.29, 1.82) is 0 Å². The molecular formula is C23H29F3N4O3S. The summed E-state index contributed by atoms with van der Waals surface area (Å²) in [5.41, 5.74) is 0.0751. The first-order valence-corrected chi connectivity index (χ1v) is 12.7. The SMILES string of the molecule is C=C(C)c1cnc(N2CCN(c3ccc(CO)c(S(C)(=O)=O)c3)CC2C(C)C)nc1C(F)(F)F. The summed E-state index contributed by atoms with van der Waals surface area (Å²) in [5.74, 6) is 0.0516. The van der Waals surface area contributed by atoms with E-state index in [9.17, 15) is 26.7 Å². The summed E-state index contributed by atoms with van der Waals surface area (Å²) in [4.78, 5) is 11.9. The number of aliphatic hydroxyl groups is 1. The molecule has 2 heterocycles. The van der Waals surface area contributed by atoms with Gasteiger partial charge in [0.15, 0.2) is 15.5 Å². The minimum atomic E-state index is -4.64. The summed E-state index contributed by atoms with van der Waals surface area (Å²) in [6.07, 6.45) is -2.38. The number of nitrogens with zero attached hydrogens (tertiary/aromatic N) is 4. The van der Waals surface area contributed by atoms with Crippen molar-refractivity contribution in [3.05, 3.63) is 47.8 Å². The van der Waals surface area contributed by atoms with Crippen LogP contribution < -0.4 is 9.80 Å². The largest absolute Gasteiger partial charge is 0.434 e. The number of anilines is 2. The molecule has 1 aromatic carbocycles. The van der Waals surface area contributed by atoms with Gasteiger partial charge in [0, 0.05) is 43.3 Å². The van der Waals surface area contributed by atoms with Gasteiger partial charge in [0.1, 0.15) is 0 Å². The van der Waals surface area contributed by atoms with Crippen LogP contribution in [-0.2, 0) is 22.6 Å². The monoisotopic (exact) mass is 498 g/mol. The smallest absolute Gasteiger partial charge is 0.392 e. The number of hydrogen-bond donors (Lipinski definition) is 1. The third-order valence-corrected chi connectivity index (χ3v) is 7.11. The van der Waals surface area contributed by atoms with Gasteiger partial charge in [-0.2, -0.15) is 13.2 Å². The number of halogens is 3. The lowest BCUT2D eigenvalue weighted by Gasteiger charge is -2.44. The van der Waals surface area contributed by atoms with E-state index < -0.39 is 28.3 Å². The number of alkyl halides is 3. The molecule has 0 bridgehead atoms. The Kier molecular flexibility index (Phi) is 7.28. The molecule has 1 unspecified atom stereocenters. The Hall–Kier alpha value is -2.66. The maximum atomic E-state index is 13.7. The van der Waals surface area contributed by atoms with E-state index in [1.54, 1.807) is 17.0 Å². The molecule has 1 atom stereocenters. The maximum Gasteiger partial charge on any atom is 0.434 e. The van der Waals surface area contributed by atoms with Gasteiger partial charge < -0.3 is 14.9 Å². The molecule has 34 heavy (non-hydrogen) atoms. The van der Waals surface area contributed by atoms with Crippen LogP contribution in [-0.4, -0.2) is 55.4 Å². The Morgan fingerprint density at radius 1 is 1.29 bits per heavy atom. The molecule has 1 N–H and O–H groups in total. The lowest BCUT2D eigenvalue weighted by Crippen LogP contribution is -2.56. The Labute approximate surface area is 197 Å². The molecule has 0 radical (unpaired) electrons. The Morgan fingerprint density at radius 3 is 2.50 bits per heavy atom. The van der Waals surface area contributed by atoms with Crippen molar-refractivity contribution in [3.63, 3.8) is 0 Å². The van der Waals surface area contributed by atoms with E-state index in [2.05, 4.69) is 16.5 Å². The van der Waals surface area contributed by atoms with Gasteiger partial charge >= 0.3 is 6.18 Å². The summed E-state index contributed by atoms with van der Waals surface area (Å²) >= 11 is 0. The average Bonchev–Trinajstić information content (AvgIpc) is 2.76. The second kappa shape index (κ2) is 9.53. The molecule has 186 valence electrons. The minimum Gasteiger partial charge on any atom is -0.392 e. The van der Waals surface area contributed by atoms with Gasteiger partial charge in [-0.15, -0.1) is 0 Å². The summed E-state index contributed by atoms with van der Waals surface area (Å²) < 4.78 is 65.4. The molecule has 2 aromatic rings. The number of aliphatic hydroxyl groups excluding tert-OH is 1. The number of rotatable bonds is 6. The van der Waals surface area contributed by atoms with E-state index >= 15 is 0 Å². The van der Waals surface area contributed by atoms with E-state index in [4.69, 9.17) is 0 Å². The second-order valence-electron chi connectivity index (χ2n) is 8.88. The molecule has 0 aliphatic carbocycles. The molecule has 0 spiro atoms. The first-order chi connectivity index (χ1) is 15.7. The van der Waals surface area contributed by atoms with Crippen LogP contribution >= 0.6 is 0 Å². The third kappa shape index (κ3) is 5.35. The highest BCUT2D eigenvalue weighted by Gasteiger charge is 2.38. The zero-order valence-corrected chi connectivity index (χ0v) is 20.4. The maximum absolute atomic E-state index is 13.7. The van der Waals surface area contributed by atoms with E-state index in [1.807, 2.05) is 18.7 Å². The zero-order valence-electron chi connectivity index (χ0n) is 19.6. The van der Waals surface area contributed by atoms with E-state index in [-0.39, 0.29) is 33.9 Å².